The first-order valence-corrected chi connectivity index (χ1v) is 7.93. The molecule has 1 N–H and O–H groups in total. The Bertz CT molecular complexity index is 672. The minimum absolute atomic E-state index is 0.391. The average molecular weight is 324 g/mol. The van der Waals surface area contributed by atoms with E-state index in [-0.39, 0.29) is 0 Å². The van der Waals surface area contributed by atoms with Crippen molar-refractivity contribution in [3.63, 3.8) is 0 Å². The number of hydrogen-bond acceptors (Lipinski definition) is 3. The lowest BCUT2D eigenvalue weighted by Crippen LogP contribution is -2.57. The van der Waals surface area contributed by atoms with Gasteiger partial charge in [0.25, 0.3) is 0 Å². The number of esters is 1. The van der Waals surface area contributed by atoms with E-state index >= 15 is 0 Å². The van der Waals surface area contributed by atoms with Crippen LogP contribution in [0, 0.1) is 0 Å². The summed E-state index contributed by atoms with van der Waals surface area (Å²) in [4.78, 5) is 12.3. The number of carbonyl (C=O) groups is 1. The smallest absolute Gasteiger partial charge is 0.340 e. The standard InChI is InChI=1S/C19H23BNO3/c1-18(2,14-19(3,20)21-12-8-5-9-13-21)24-17(23)16(22)15-10-6-4-7-11-15/h4-13,16,22H,14H2,1-3H3/q+1/t16-,19?/m1/s1. The van der Waals surface area contributed by atoms with E-state index in [0.29, 0.717) is 12.0 Å². The molecule has 24 heavy (non-hydrogen) atoms. The summed E-state index contributed by atoms with van der Waals surface area (Å²) in [7, 11) is 6.40. The SMILES string of the molecule is [B]C(C)(CC(C)(C)OC(=O)[C@H](O)c1ccccc1)[n+]1ccccc1. The highest BCUT2D eigenvalue weighted by molar-refractivity contribution is 6.12. The van der Waals surface area contributed by atoms with Crippen molar-refractivity contribution < 1.29 is 19.2 Å². The second kappa shape index (κ2) is 7.18. The van der Waals surface area contributed by atoms with E-state index in [1.807, 2.05) is 48.1 Å². The van der Waals surface area contributed by atoms with Gasteiger partial charge in [-0.3, -0.25) is 0 Å². The summed E-state index contributed by atoms with van der Waals surface area (Å²) in [6.07, 6.45) is 2.83. The van der Waals surface area contributed by atoms with Crippen molar-refractivity contribution in [2.24, 2.45) is 0 Å². The van der Waals surface area contributed by atoms with Crippen molar-refractivity contribution in [1.29, 1.82) is 0 Å². The highest BCUT2D eigenvalue weighted by atomic mass is 16.6. The molecule has 1 aromatic carbocycles. The predicted octanol–water partition coefficient (Wildman–Crippen LogP) is 2.26. The molecule has 0 aliphatic carbocycles. The van der Waals surface area contributed by atoms with E-state index in [4.69, 9.17) is 12.6 Å². The van der Waals surface area contributed by atoms with Gasteiger partial charge in [0.15, 0.2) is 26.3 Å². The zero-order valence-electron chi connectivity index (χ0n) is 14.3. The fourth-order valence-corrected chi connectivity index (χ4v) is 2.83. The van der Waals surface area contributed by atoms with Crippen molar-refractivity contribution >= 4 is 13.8 Å². The van der Waals surface area contributed by atoms with Crippen LogP contribution in [0.1, 0.15) is 38.9 Å². The third kappa shape index (κ3) is 4.68. The first-order valence-electron chi connectivity index (χ1n) is 7.93. The Balaban J connectivity index is 2.06. The lowest BCUT2D eigenvalue weighted by atomic mass is 9.72. The normalized spacial score (nSPS) is 15.3. The number of ether oxygens (including phenoxy) is 1. The lowest BCUT2D eigenvalue weighted by molar-refractivity contribution is -0.740. The molecule has 2 radical (unpaired) electrons. The van der Waals surface area contributed by atoms with Crippen LogP contribution in [0.25, 0.3) is 0 Å². The average Bonchev–Trinajstić information content (AvgIpc) is 2.54. The number of hydrogen-bond donors (Lipinski definition) is 1. The molecule has 2 rings (SSSR count). The van der Waals surface area contributed by atoms with Crippen LogP contribution in [0.5, 0.6) is 0 Å². The maximum absolute atomic E-state index is 12.3. The highest BCUT2D eigenvalue weighted by Gasteiger charge is 2.38. The summed E-state index contributed by atoms with van der Waals surface area (Å²) in [5.74, 6) is -0.680. The summed E-state index contributed by atoms with van der Waals surface area (Å²) >= 11 is 0. The first kappa shape index (κ1) is 18.2. The molecule has 0 bridgehead atoms. The Hall–Kier alpha value is -2.14. The van der Waals surface area contributed by atoms with E-state index < -0.39 is 23.1 Å². The van der Waals surface area contributed by atoms with Crippen LogP contribution in [-0.2, 0) is 15.0 Å². The topological polar surface area (TPSA) is 50.4 Å². The third-order valence-corrected chi connectivity index (χ3v) is 3.80. The molecule has 124 valence electrons. The van der Waals surface area contributed by atoms with E-state index in [2.05, 4.69) is 0 Å². The molecule has 0 fully saturated rings. The van der Waals surface area contributed by atoms with Crippen LogP contribution in [0.15, 0.2) is 60.9 Å². The second-order valence-electron chi connectivity index (χ2n) is 6.81. The van der Waals surface area contributed by atoms with E-state index in [9.17, 15) is 9.90 Å². The lowest BCUT2D eigenvalue weighted by Gasteiger charge is -2.32. The minimum Gasteiger partial charge on any atom is -0.457 e. The van der Waals surface area contributed by atoms with Crippen LogP contribution < -0.4 is 4.57 Å². The molecule has 0 spiro atoms. The fraction of sp³-hybridized carbons (Fsp3) is 0.368. The Morgan fingerprint density at radius 3 is 2.25 bits per heavy atom. The number of nitrogens with zero attached hydrogens (tertiary/aromatic N) is 1. The molecule has 2 atom stereocenters. The zero-order valence-corrected chi connectivity index (χ0v) is 14.3. The Labute approximate surface area is 144 Å². The van der Waals surface area contributed by atoms with Crippen LogP contribution >= 0.6 is 0 Å². The van der Waals surface area contributed by atoms with Gasteiger partial charge in [-0.05, 0) is 26.3 Å². The molecular weight excluding hydrogens is 301 g/mol. The quantitative estimate of drug-likeness (QED) is 0.504. The molecule has 2 aromatic rings. The molecule has 0 aliphatic rings. The van der Waals surface area contributed by atoms with Crippen LogP contribution in [-0.4, -0.2) is 24.5 Å². The third-order valence-electron chi connectivity index (χ3n) is 3.80. The molecule has 0 saturated heterocycles. The molecule has 0 aliphatic heterocycles. The van der Waals surface area contributed by atoms with Crippen LogP contribution in [0.2, 0.25) is 0 Å². The van der Waals surface area contributed by atoms with Crippen LogP contribution in [0.3, 0.4) is 0 Å². The van der Waals surface area contributed by atoms with Crippen molar-refractivity contribution in [3.05, 3.63) is 66.5 Å². The maximum atomic E-state index is 12.3. The van der Waals surface area contributed by atoms with Crippen LogP contribution in [0.4, 0.5) is 0 Å². The van der Waals surface area contributed by atoms with E-state index in [1.165, 1.54) is 0 Å². The summed E-state index contributed by atoms with van der Waals surface area (Å²) < 4.78 is 7.40. The zero-order chi connectivity index (χ0) is 17.8. The van der Waals surface area contributed by atoms with Gasteiger partial charge < -0.3 is 9.84 Å². The van der Waals surface area contributed by atoms with Gasteiger partial charge in [0.2, 0.25) is 0 Å². The van der Waals surface area contributed by atoms with Gasteiger partial charge in [-0.15, -0.1) is 0 Å². The van der Waals surface area contributed by atoms with Gasteiger partial charge in [-0.2, -0.15) is 0 Å². The molecule has 4 nitrogen and oxygen atoms in total. The first-order chi connectivity index (χ1) is 11.2. The van der Waals surface area contributed by atoms with Gasteiger partial charge in [0.1, 0.15) is 11.0 Å². The summed E-state index contributed by atoms with van der Waals surface area (Å²) in [5.41, 5.74) is -1.06. The molecular formula is C19H23BNO3+. The van der Waals surface area contributed by atoms with Gasteiger partial charge in [-0.1, -0.05) is 36.4 Å². The molecule has 5 heteroatoms. The van der Waals surface area contributed by atoms with Crippen molar-refractivity contribution in [1.82, 2.24) is 0 Å². The molecule has 1 unspecified atom stereocenters. The number of benzene rings is 1. The van der Waals surface area contributed by atoms with E-state index in [1.54, 1.807) is 38.1 Å². The highest BCUT2D eigenvalue weighted by Crippen LogP contribution is 2.26. The van der Waals surface area contributed by atoms with Crippen molar-refractivity contribution in [2.45, 2.75) is 44.3 Å². The predicted molar refractivity (Wildman–Crippen MR) is 92.2 cm³/mol. The van der Waals surface area contributed by atoms with Gasteiger partial charge in [0, 0.05) is 18.6 Å². The maximum Gasteiger partial charge on any atom is 0.340 e. The monoisotopic (exact) mass is 324 g/mol. The Morgan fingerprint density at radius 2 is 1.67 bits per heavy atom. The van der Waals surface area contributed by atoms with Gasteiger partial charge in [0.05, 0.1) is 0 Å². The number of aromatic nitrogens is 1. The van der Waals surface area contributed by atoms with Gasteiger partial charge in [-0.25, -0.2) is 9.36 Å². The number of aliphatic hydroxyl groups excluding tert-OH is 1. The largest absolute Gasteiger partial charge is 0.457 e. The molecule has 0 saturated carbocycles. The van der Waals surface area contributed by atoms with Crippen molar-refractivity contribution in [2.75, 3.05) is 0 Å². The second-order valence-corrected chi connectivity index (χ2v) is 6.81. The number of aliphatic hydroxyl groups is 1. The number of carbonyl (C=O) groups excluding carboxylic acids is 1. The number of pyridine rings is 1. The molecule has 1 heterocycles. The molecule has 1 aromatic heterocycles. The Kier molecular flexibility index (Phi) is 5.45. The minimum atomic E-state index is -1.31. The van der Waals surface area contributed by atoms with E-state index in [0.717, 1.165) is 0 Å². The number of rotatable bonds is 6. The fourth-order valence-electron chi connectivity index (χ4n) is 2.83. The summed E-state index contributed by atoms with van der Waals surface area (Å²) in [6, 6.07) is 14.4. The summed E-state index contributed by atoms with van der Waals surface area (Å²) in [6.45, 7) is 5.45. The Morgan fingerprint density at radius 1 is 1.12 bits per heavy atom. The van der Waals surface area contributed by atoms with Crippen molar-refractivity contribution in [3.8, 4) is 0 Å². The van der Waals surface area contributed by atoms with Gasteiger partial charge >= 0.3 is 5.97 Å². The summed E-state index contributed by atoms with van der Waals surface area (Å²) in [5, 5.41) is 10.2. The molecule has 0 amide bonds.